The van der Waals surface area contributed by atoms with Crippen LogP contribution in [0, 0.1) is 5.92 Å². The lowest BCUT2D eigenvalue weighted by molar-refractivity contribution is 0.205. The lowest BCUT2D eigenvalue weighted by atomic mass is 9.97. The van der Waals surface area contributed by atoms with Gasteiger partial charge in [0.25, 0.3) is 0 Å². The van der Waals surface area contributed by atoms with E-state index >= 15 is 0 Å². The van der Waals surface area contributed by atoms with Crippen LogP contribution >= 0.6 is 0 Å². The maximum Gasteiger partial charge on any atom is 0.0459 e. The second-order valence-electron chi connectivity index (χ2n) is 3.41. The van der Waals surface area contributed by atoms with Crippen molar-refractivity contribution in [1.82, 2.24) is 0 Å². The van der Waals surface area contributed by atoms with Crippen molar-refractivity contribution in [2.75, 3.05) is 13.2 Å². The van der Waals surface area contributed by atoms with Gasteiger partial charge in [0.1, 0.15) is 0 Å². The molecule has 0 unspecified atom stereocenters. The number of rotatable bonds is 8. The minimum Gasteiger partial charge on any atom is -0.396 e. The fourth-order valence-corrected chi connectivity index (χ4v) is 1.46. The maximum absolute atomic E-state index is 8.96. The molecule has 0 fully saturated rings. The van der Waals surface area contributed by atoms with E-state index in [0.717, 1.165) is 38.5 Å². The second-order valence-corrected chi connectivity index (χ2v) is 3.41. The number of unbranched alkanes of at least 4 members (excludes halogenated alkanes) is 2. The Morgan fingerprint density at radius 2 is 1.75 bits per heavy atom. The first-order chi connectivity index (χ1) is 5.85. The van der Waals surface area contributed by atoms with Gasteiger partial charge in [-0.05, 0) is 25.2 Å². The van der Waals surface area contributed by atoms with Crippen LogP contribution in [0.2, 0.25) is 0 Å². The number of hydrogen-bond acceptors (Lipinski definition) is 2. The summed E-state index contributed by atoms with van der Waals surface area (Å²) in [6.07, 6.45) is 6.55. The Hall–Kier alpha value is -0.0800. The zero-order chi connectivity index (χ0) is 9.23. The first-order valence-electron chi connectivity index (χ1n) is 5.06. The molecule has 0 aliphatic heterocycles. The Morgan fingerprint density at radius 1 is 1.00 bits per heavy atom. The molecule has 0 rings (SSSR count). The van der Waals surface area contributed by atoms with Crippen LogP contribution < -0.4 is 0 Å². The van der Waals surface area contributed by atoms with Crippen molar-refractivity contribution in [2.45, 2.75) is 45.4 Å². The number of aliphatic hydroxyl groups excluding tert-OH is 2. The highest BCUT2D eigenvalue weighted by Gasteiger charge is 2.04. The van der Waals surface area contributed by atoms with Crippen molar-refractivity contribution in [3.05, 3.63) is 0 Å². The molecule has 0 radical (unpaired) electrons. The molecular formula is C10H22O2. The lowest BCUT2D eigenvalue weighted by Gasteiger charge is -2.11. The van der Waals surface area contributed by atoms with E-state index < -0.39 is 0 Å². The summed E-state index contributed by atoms with van der Waals surface area (Å²) < 4.78 is 0. The van der Waals surface area contributed by atoms with E-state index in [4.69, 9.17) is 10.2 Å². The van der Waals surface area contributed by atoms with Crippen LogP contribution in [-0.2, 0) is 0 Å². The molecule has 0 bridgehead atoms. The van der Waals surface area contributed by atoms with Crippen LogP contribution in [0.4, 0.5) is 0 Å². The molecule has 74 valence electrons. The number of aliphatic hydroxyl groups is 2. The van der Waals surface area contributed by atoms with E-state index in [9.17, 15) is 0 Å². The molecule has 0 aromatic heterocycles. The summed E-state index contributed by atoms with van der Waals surface area (Å²) in [5.41, 5.74) is 0. The minimum atomic E-state index is 0.303. The van der Waals surface area contributed by atoms with Gasteiger partial charge < -0.3 is 10.2 Å². The van der Waals surface area contributed by atoms with Crippen molar-refractivity contribution in [1.29, 1.82) is 0 Å². The summed E-state index contributed by atoms with van der Waals surface area (Å²) in [5.74, 6) is 0.494. The second kappa shape index (κ2) is 9.01. The largest absolute Gasteiger partial charge is 0.396 e. The molecule has 0 heterocycles. The molecule has 0 spiro atoms. The average Bonchev–Trinajstić information content (AvgIpc) is 2.10. The van der Waals surface area contributed by atoms with Crippen LogP contribution in [0.25, 0.3) is 0 Å². The van der Waals surface area contributed by atoms with Gasteiger partial charge >= 0.3 is 0 Å². The molecule has 0 aromatic carbocycles. The fourth-order valence-electron chi connectivity index (χ4n) is 1.46. The molecule has 2 heteroatoms. The summed E-state index contributed by atoms with van der Waals surface area (Å²) in [6.45, 7) is 2.78. The Bertz CT molecular complexity index is 83.9. The molecule has 0 saturated heterocycles. The number of hydrogen-bond donors (Lipinski definition) is 2. The third-order valence-electron chi connectivity index (χ3n) is 2.23. The lowest BCUT2D eigenvalue weighted by Crippen LogP contribution is -2.05. The van der Waals surface area contributed by atoms with Gasteiger partial charge in [0.15, 0.2) is 0 Å². The summed E-state index contributed by atoms with van der Waals surface area (Å²) >= 11 is 0. The quantitative estimate of drug-likeness (QED) is 0.552. The molecule has 2 nitrogen and oxygen atoms in total. The normalized spacial score (nSPS) is 13.2. The Kier molecular flexibility index (Phi) is 8.95. The topological polar surface area (TPSA) is 40.5 Å². The molecule has 0 aliphatic carbocycles. The van der Waals surface area contributed by atoms with E-state index in [1.54, 1.807) is 0 Å². The maximum atomic E-state index is 8.96. The van der Waals surface area contributed by atoms with Crippen LogP contribution in [0.15, 0.2) is 0 Å². The van der Waals surface area contributed by atoms with Crippen molar-refractivity contribution < 1.29 is 10.2 Å². The van der Waals surface area contributed by atoms with Crippen molar-refractivity contribution in [3.63, 3.8) is 0 Å². The first kappa shape index (κ1) is 11.9. The SMILES string of the molecule is CCC[C@H](CO)CCCCCO. The van der Waals surface area contributed by atoms with Gasteiger partial charge in [-0.3, -0.25) is 0 Å². The Morgan fingerprint density at radius 3 is 2.25 bits per heavy atom. The highest BCUT2D eigenvalue weighted by molar-refractivity contribution is 4.57. The van der Waals surface area contributed by atoms with E-state index in [1.807, 2.05) is 0 Å². The Balaban J connectivity index is 3.19. The van der Waals surface area contributed by atoms with Crippen molar-refractivity contribution >= 4 is 0 Å². The monoisotopic (exact) mass is 174 g/mol. The van der Waals surface area contributed by atoms with Gasteiger partial charge in [0.2, 0.25) is 0 Å². The molecule has 1 atom stereocenters. The van der Waals surface area contributed by atoms with Gasteiger partial charge in [0.05, 0.1) is 0 Å². The van der Waals surface area contributed by atoms with E-state index in [2.05, 4.69) is 6.92 Å². The van der Waals surface area contributed by atoms with Crippen LogP contribution in [-0.4, -0.2) is 23.4 Å². The van der Waals surface area contributed by atoms with Crippen molar-refractivity contribution in [2.24, 2.45) is 5.92 Å². The van der Waals surface area contributed by atoms with Gasteiger partial charge in [-0.15, -0.1) is 0 Å². The Labute approximate surface area is 75.6 Å². The summed E-state index contributed by atoms with van der Waals surface area (Å²) in [7, 11) is 0. The van der Waals surface area contributed by atoms with E-state index in [1.165, 1.54) is 0 Å². The third kappa shape index (κ3) is 6.62. The van der Waals surface area contributed by atoms with Gasteiger partial charge in [-0.1, -0.05) is 26.2 Å². The molecule has 0 aromatic rings. The summed E-state index contributed by atoms with van der Waals surface area (Å²) in [5, 5.41) is 17.5. The molecule has 0 amide bonds. The minimum absolute atomic E-state index is 0.303. The van der Waals surface area contributed by atoms with E-state index in [0.29, 0.717) is 19.1 Å². The molecular weight excluding hydrogens is 152 g/mol. The fraction of sp³-hybridized carbons (Fsp3) is 1.00. The summed E-state index contributed by atoms with van der Waals surface area (Å²) in [4.78, 5) is 0. The van der Waals surface area contributed by atoms with Crippen LogP contribution in [0.3, 0.4) is 0 Å². The van der Waals surface area contributed by atoms with Crippen LogP contribution in [0.5, 0.6) is 0 Å². The highest BCUT2D eigenvalue weighted by Crippen LogP contribution is 2.14. The zero-order valence-corrected chi connectivity index (χ0v) is 8.13. The van der Waals surface area contributed by atoms with Crippen molar-refractivity contribution in [3.8, 4) is 0 Å². The standard InChI is InChI=1S/C10H22O2/c1-2-6-10(9-12)7-4-3-5-8-11/h10-12H,2-9H2,1H3/t10-/m0/s1. The van der Waals surface area contributed by atoms with Gasteiger partial charge in [-0.25, -0.2) is 0 Å². The third-order valence-corrected chi connectivity index (χ3v) is 2.23. The average molecular weight is 174 g/mol. The summed E-state index contributed by atoms with van der Waals surface area (Å²) in [6, 6.07) is 0. The zero-order valence-electron chi connectivity index (χ0n) is 8.13. The van der Waals surface area contributed by atoms with Crippen LogP contribution in [0.1, 0.15) is 45.4 Å². The van der Waals surface area contributed by atoms with Gasteiger partial charge in [0, 0.05) is 13.2 Å². The van der Waals surface area contributed by atoms with E-state index in [-0.39, 0.29) is 0 Å². The smallest absolute Gasteiger partial charge is 0.0459 e. The highest BCUT2D eigenvalue weighted by atomic mass is 16.3. The molecule has 0 aliphatic rings. The molecule has 12 heavy (non-hydrogen) atoms. The predicted octanol–water partition coefficient (Wildman–Crippen LogP) is 1.95. The molecule has 2 N–H and O–H groups in total. The molecule has 0 saturated carbocycles. The predicted molar refractivity (Wildman–Crippen MR) is 51.0 cm³/mol. The first-order valence-corrected chi connectivity index (χ1v) is 5.06. The van der Waals surface area contributed by atoms with Gasteiger partial charge in [-0.2, -0.15) is 0 Å².